The Morgan fingerprint density at radius 1 is 1.57 bits per heavy atom. The van der Waals surface area contributed by atoms with E-state index in [1.165, 1.54) is 11.1 Å². The van der Waals surface area contributed by atoms with E-state index in [-0.39, 0.29) is 11.7 Å². The van der Waals surface area contributed by atoms with Gasteiger partial charge >= 0.3 is 5.69 Å². The van der Waals surface area contributed by atoms with Crippen LogP contribution in [0.4, 0.5) is 17.5 Å². The van der Waals surface area contributed by atoms with E-state index in [1.807, 2.05) is 30.3 Å². The van der Waals surface area contributed by atoms with Gasteiger partial charge in [0.05, 0.1) is 4.92 Å². The number of nitrogens with one attached hydrogen (secondary N) is 1. The summed E-state index contributed by atoms with van der Waals surface area (Å²) in [5.74, 6) is 0.689. The quantitative estimate of drug-likeness (QED) is 0.652. The van der Waals surface area contributed by atoms with Crippen molar-refractivity contribution in [2.45, 2.75) is 19.4 Å². The molecular weight excluding hydrogens is 290 g/mol. The van der Waals surface area contributed by atoms with Crippen molar-refractivity contribution in [3.8, 4) is 0 Å². The van der Waals surface area contributed by atoms with Gasteiger partial charge in [-0.25, -0.2) is 4.98 Å². The fourth-order valence-corrected chi connectivity index (χ4v) is 2.77. The molecule has 7 nitrogen and oxygen atoms in total. The van der Waals surface area contributed by atoms with Crippen LogP contribution in [0.1, 0.15) is 11.8 Å². The summed E-state index contributed by atoms with van der Waals surface area (Å²) in [5, 5.41) is 16.0. The van der Waals surface area contributed by atoms with Crippen molar-refractivity contribution in [3.05, 3.63) is 38.7 Å². The number of aromatic nitrogens is 2. The molecule has 0 spiro atoms. The molecule has 21 heavy (non-hydrogen) atoms. The van der Waals surface area contributed by atoms with Gasteiger partial charge in [0.25, 0.3) is 0 Å². The van der Waals surface area contributed by atoms with E-state index in [4.69, 9.17) is 0 Å². The predicted molar refractivity (Wildman–Crippen MR) is 84.1 cm³/mol. The molecule has 0 saturated heterocycles. The maximum absolute atomic E-state index is 11.1. The fraction of sp³-hybridized carbons (Fsp3) is 0.385. The molecular formula is C13H17N5O2S. The number of likely N-dealkylation sites (N-methyl/N-ethyl adjacent to an activating group) is 1. The molecule has 1 atom stereocenters. The Labute approximate surface area is 126 Å². The summed E-state index contributed by atoms with van der Waals surface area (Å²) in [7, 11) is 3.49. The van der Waals surface area contributed by atoms with Crippen molar-refractivity contribution in [1.82, 2.24) is 9.97 Å². The Morgan fingerprint density at radius 2 is 2.33 bits per heavy atom. The lowest BCUT2D eigenvalue weighted by molar-refractivity contribution is -0.384. The SMILES string of the molecule is CNc1ncc([N+](=O)[O-])c(N(C)C(C)Cc2cccs2)n1. The highest BCUT2D eigenvalue weighted by Crippen LogP contribution is 2.27. The van der Waals surface area contributed by atoms with E-state index in [9.17, 15) is 10.1 Å². The van der Waals surface area contributed by atoms with Crippen molar-refractivity contribution in [2.75, 3.05) is 24.3 Å². The molecule has 0 aliphatic heterocycles. The molecule has 0 saturated carbocycles. The molecule has 0 amide bonds. The van der Waals surface area contributed by atoms with E-state index in [1.54, 1.807) is 18.4 Å². The predicted octanol–water partition coefficient (Wildman–Crippen LogP) is 2.56. The molecule has 1 N–H and O–H groups in total. The largest absolute Gasteiger partial charge is 0.357 e. The van der Waals surface area contributed by atoms with Crippen molar-refractivity contribution in [2.24, 2.45) is 0 Å². The van der Waals surface area contributed by atoms with Gasteiger partial charge in [-0.05, 0) is 18.4 Å². The summed E-state index contributed by atoms with van der Waals surface area (Å²) in [6.07, 6.45) is 2.05. The molecule has 2 heterocycles. The number of hydrogen-bond donors (Lipinski definition) is 1. The van der Waals surface area contributed by atoms with Gasteiger partial charge in [0.15, 0.2) is 0 Å². The van der Waals surface area contributed by atoms with Crippen LogP contribution < -0.4 is 10.2 Å². The van der Waals surface area contributed by atoms with Crippen molar-refractivity contribution in [3.63, 3.8) is 0 Å². The molecule has 0 radical (unpaired) electrons. The monoisotopic (exact) mass is 307 g/mol. The van der Waals surface area contributed by atoms with Crippen molar-refractivity contribution in [1.29, 1.82) is 0 Å². The molecule has 0 fully saturated rings. The summed E-state index contributed by atoms with van der Waals surface area (Å²) < 4.78 is 0. The summed E-state index contributed by atoms with van der Waals surface area (Å²) in [5.41, 5.74) is -0.0884. The second-order valence-corrected chi connectivity index (χ2v) is 5.69. The number of hydrogen-bond acceptors (Lipinski definition) is 7. The van der Waals surface area contributed by atoms with Crippen molar-refractivity contribution < 1.29 is 4.92 Å². The van der Waals surface area contributed by atoms with Crippen LogP contribution >= 0.6 is 11.3 Å². The zero-order valence-electron chi connectivity index (χ0n) is 12.1. The van der Waals surface area contributed by atoms with E-state index in [2.05, 4.69) is 21.4 Å². The molecule has 1 unspecified atom stereocenters. The number of rotatable bonds is 6. The van der Waals surface area contributed by atoms with Gasteiger partial charge in [-0.15, -0.1) is 11.3 Å². The first-order valence-electron chi connectivity index (χ1n) is 6.47. The molecule has 0 aliphatic rings. The third kappa shape index (κ3) is 3.46. The average Bonchev–Trinajstić information content (AvgIpc) is 2.98. The second kappa shape index (κ2) is 6.49. The fourth-order valence-electron chi connectivity index (χ4n) is 1.94. The minimum absolute atomic E-state index is 0.0851. The summed E-state index contributed by atoms with van der Waals surface area (Å²) in [6, 6.07) is 4.14. The average molecular weight is 307 g/mol. The Kier molecular flexibility index (Phi) is 4.69. The number of anilines is 2. The molecule has 0 aromatic carbocycles. The van der Waals surface area contributed by atoms with Crippen LogP contribution in [0.15, 0.2) is 23.7 Å². The van der Waals surface area contributed by atoms with Gasteiger partial charge in [0.1, 0.15) is 6.20 Å². The Bertz CT molecular complexity index is 617. The molecule has 2 rings (SSSR count). The van der Waals surface area contributed by atoms with Crippen LogP contribution in [0.3, 0.4) is 0 Å². The number of nitrogens with zero attached hydrogens (tertiary/aromatic N) is 4. The lowest BCUT2D eigenvalue weighted by Gasteiger charge is -2.25. The molecule has 112 valence electrons. The van der Waals surface area contributed by atoms with Gasteiger partial charge in [-0.2, -0.15) is 4.98 Å². The highest BCUT2D eigenvalue weighted by molar-refractivity contribution is 7.09. The Hall–Kier alpha value is -2.22. The molecule has 8 heteroatoms. The molecule has 2 aromatic rings. The highest BCUT2D eigenvalue weighted by Gasteiger charge is 2.23. The highest BCUT2D eigenvalue weighted by atomic mass is 32.1. The molecule has 2 aromatic heterocycles. The smallest absolute Gasteiger partial charge is 0.329 e. The number of thiophene rings is 1. The second-order valence-electron chi connectivity index (χ2n) is 4.65. The van der Waals surface area contributed by atoms with E-state index in [0.29, 0.717) is 11.8 Å². The van der Waals surface area contributed by atoms with Gasteiger partial charge in [0.2, 0.25) is 11.8 Å². The number of nitro groups is 1. The lowest BCUT2D eigenvalue weighted by Crippen LogP contribution is -2.32. The van der Waals surface area contributed by atoms with Gasteiger partial charge in [-0.3, -0.25) is 10.1 Å². The zero-order chi connectivity index (χ0) is 15.4. The van der Waals surface area contributed by atoms with Crippen LogP contribution in [0.5, 0.6) is 0 Å². The topological polar surface area (TPSA) is 84.2 Å². The van der Waals surface area contributed by atoms with Crippen LogP contribution in [0.2, 0.25) is 0 Å². The Morgan fingerprint density at radius 3 is 2.90 bits per heavy atom. The standard InChI is InChI=1S/C13H17N5O2S/c1-9(7-10-5-4-6-21-10)17(3)12-11(18(19)20)8-15-13(14-2)16-12/h4-6,8-9H,7H2,1-3H3,(H,14,15,16). The zero-order valence-corrected chi connectivity index (χ0v) is 12.9. The van der Waals surface area contributed by atoms with Gasteiger partial charge < -0.3 is 10.2 Å². The van der Waals surface area contributed by atoms with E-state index < -0.39 is 4.92 Å². The summed E-state index contributed by atoms with van der Waals surface area (Å²) >= 11 is 1.68. The van der Waals surface area contributed by atoms with Crippen molar-refractivity contribution >= 4 is 28.8 Å². The summed E-state index contributed by atoms with van der Waals surface area (Å²) in [4.78, 5) is 21.9. The third-order valence-electron chi connectivity index (χ3n) is 3.24. The maximum Gasteiger partial charge on any atom is 0.329 e. The first-order chi connectivity index (χ1) is 10.0. The first kappa shape index (κ1) is 15.2. The van der Waals surface area contributed by atoms with Crippen LogP contribution in [-0.2, 0) is 6.42 Å². The minimum atomic E-state index is -0.455. The minimum Gasteiger partial charge on any atom is -0.357 e. The van der Waals surface area contributed by atoms with Crippen LogP contribution in [0, 0.1) is 10.1 Å². The first-order valence-corrected chi connectivity index (χ1v) is 7.35. The van der Waals surface area contributed by atoms with Gasteiger partial charge in [-0.1, -0.05) is 6.07 Å². The van der Waals surface area contributed by atoms with Gasteiger partial charge in [0, 0.05) is 31.4 Å². The van der Waals surface area contributed by atoms with Crippen LogP contribution in [-0.4, -0.2) is 35.0 Å². The third-order valence-corrected chi connectivity index (χ3v) is 4.14. The normalized spacial score (nSPS) is 12.0. The van der Waals surface area contributed by atoms with E-state index >= 15 is 0 Å². The maximum atomic E-state index is 11.1. The lowest BCUT2D eigenvalue weighted by atomic mass is 10.2. The van der Waals surface area contributed by atoms with E-state index in [0.717, 1.165) is 6.42 Å². The molecule has 0 bridgehead atoms. The van der Waals surface area contributed by atoms with Crippen LogP contribution in [0.25, 0.3) is 0 Å². The Balaban J connectivity index is 2.27. The summed E-state index contributed by atoms with van der Waals surface area (Å²) in [6.45, 7) is 2.02. The molecule has 0 aliphatic carbocycles.